The summed E-state index contributed by atoms with van der Waals surface area (Å²) in [4.78, 5) is 11.9. The van der Waals surface area contributed by atoms with Crippen LogP contribution in [0.5, 0.6) is 0 Å². The summed E-state index contributed by atoms with van der Waals surface area (Å²) in [6, 6.07) is 0. The number of carbonyl (C=O) groups is 1. The van der Waals surface area contributed by atoms with Crippen LogP contribution in [0.25, 0.3) is 0 Å². The Kier molecular flexibility index (Phi) is 13.7. The van der Waals surface area contributed by atoms with Crippen molar-refractivity contribution in [3.8, 4) is 0 Å². The molecule has 30 heavy (non-hydrogen) atoms. The second-order valence-corrected chi connectivity index (χ2v) is 8.40. The number of hydrogen-bond acceptors (Lipinski definition) is 8. The molecule has 5 N–H and O–H groups in total. The summed E-state index contributed by atoms with van der Waals surface area (Å²) in [7, 11) is 0. The van der Waals surface area contributed by atoms with Gasteiger partial charge in [0.1, 0.15) is 18.3 Å². The van der Waals surface area contributed by atoms with Crippen LogP contribution in [0.4, 0.5) is 0 Å². The van der Waals surface area contributed by atoms with Crippen molar-refractivity contribution in [2.45, 2.75) is 127 Å². The number of ether oxygens (including phenoxy) is 2. The number of hydrogen-bond donors (Lipinski definition) is 5. The van der Waals surface area contributed by atoms with E-state index in [4.69, 9.17) is 14.6 Å². The summed E-state index contributed by atoms with van der Waals surface area (Å²) in [5, 5.41) is 48.4. The smallest absolute Gasteiger partial charge is 0.308 e. The molecule has 5 atom stereocenters. The molecule has 0 bridgehead atoms. The Morgan fingerprint density at radius 3 is 1.77 bits per heavy atom. The van der Waals surface area contributed by atoms with E-state index in [1.165, 1.54) is 57.8 Å². The number of aliphatic hydroxyl groups is 5. The molecule has 8 heteroatoms. The number of aliphatic hydroxyl groups excluding tert-OH is 4. The summed E-state index contributed by atoms with van der Waals surface area (Å²) < 4.78 is 9.88. The van der Waals surface area contributed by atoms with Gasteiger partial charge >= 0.3 is 5.97 Å². The molecular formula is C22H42O8. The molecular weight excluding hydrogens is 392 g/mol. The number of rotatable bonds is 16. The van der Waals surface area contributed by atoms with E-state index < -0.39 is 43.0 Å². The molecule has 0 aliphatic carbocycles. The second kappa shape index (κ2) is 15.1. The average Bonchev–Trinajstić information content (AvgIpc) is 2.73. The van der Waals surface area contributed by atoms with Crippen molar-refractivity contribution in [1.29, 1.82) is 0 Å². The first kappa shape index (κ1) is 27.3. The van der Waals surface area contributed by atoms with E-state index in [0.717, 1.165) is 19.3 Å². The van der Waals surface area contributed by atoms with Gasteiger partial charge in [-0.1, -0.05) is 84.0 Å². The Morgan fingerprint density at radius 2 is 1.30 bits per heavy atom. The topological polar surface area (TPSA) is 137 Å². The number of esters is 1. The first-order valence-electron chi connectivity index (χ1n) is 11.6. The second-order valence-electron chi connectivity index (χ2n) is 8.40. The first-order chi connectivity index (χ1) is 14.4. The van der Waals surface area contributed by atoms with Gasteiger partial charge in [-0.05, 0) is 6.42 Å². The van der Waals surface area contributed by atoms with Gasteiger partial charge in [-0.25, -0.2) is 0 Å². The third kappa shape index (κ3) is 9.58. The predicted molar refractivity (Wildman–Crippen MR) is 111 cm³/mol. The zero-order chi connectivity index (χ0) is 22.4. The quantitative estimate of drug-likeness (QED) is 0.184. The van der Waals surface area contributed by atoms with Crippen LogP contribution in [-0.2, 0) is 14.3 Å². The van der Waals surface area contributed by atoms with E-state index in [2.05, 4.69) is 6.92 Å². The molecule has 1 unspecified atom stereocenters. The van der Waals surface area contributed by atoms with Gasteiger partial charge in [0.2, 0.25) is 12.1 Å². The third-order valence-electron chi connectivity index (χ3n) is 5.69. The predicted octanol–water partition coefficient (Wildman–Crippen LogP) is 2.13. The average molecular weight is 435 g/mol. The van der Waals surface area contributed by atoms with Crippen LogP contribution >= 0.6 is 0 Å². The zero-order valence-electron chi connectivity index (χ0n) is 18.4. The van der Waals surface area contributed by atoms with Crippen LogP contribution in [-0.4, -0.2) is 68.5 Å². The van der Waals surface area contributed by atoms with Crippen LogP contribution in [0.1, 0.15) is 96.8 Å². The zero-order valence-corrected chi connectivity index (χ0v) is 18.4. The molecule has 1 saturated heterocycles. The van der Waals surface area contributed by atoms with Gasteiger partial charge in [-0.3, -0.25) is 4.79 Å². The Labute approximate surface area is 180 Å². The molecule has 0 amide bonds. The SMILES string of the molecule is CCCCCCCCCCCCCCCC(=O)OC1O[C@@](O)(CO)[C@@H](O)[C@H](O)[C@@H]1O. The van der Waals surface area contributed by atoms with Crippen molar-refractivity contribution in [3.05, 3.63) is 0 Å². The Hall–Kier alpha value is -0.770. The van der Waals surface area contributed by atoms with Gasteiger partial charge in [0, 0.05) is 6.42 Å². The fourth-order valence-corrected chi connectivity index (χ4v) is 3.66. The molecule has 1 heterocycles. The highest BCUT2D eigenvalue weighted by molar-refractivity contribution is 5.69. The molecule has 0 aromatic carbocycles. The highest BCUT2D eigenvalue weighted by atomic mass is 16.8. The lowest BCUT2D eigenvalue weighted by Gasteiger charge is -2.43. The Morgan fingerprint density at radius 1 is 0.833 bits per heavy atom. The van der Waals surface area contributed by atoms with Gasteiger partial charge in [-0.15, -0.1) is 0 Å². The van der Waals surface area contributed by atoms with Crippen LogP contribution < -0.4 is 0 Å². The van der Waals surface area contributed by atoms with Crippen molar-refractivity contribution in [3.63, 3.8) is 0 Å². The molecule has 8 nitrogen and oxygen atoms in total. The summed E-state index contributed by atoms with van der Waals surface area (Å²) in [6.07, 6.45) is 8.49. The molecule has 1 fully saturated rings. The van der Waals surface area contributed by atoms with E-state index >= 15 is 0 Å². The maximum absolute atomic E-state index is 11.9. The van der Waals surface area contributed by atoms with Crippen LogP contribution in [0.15, 0.2) is 0 Å². The van der Waals surface area contributed by atoms with Crippen molar-refractivity contribution in [1.82, 2.24) is 0 Å². The molecule has 0 radical (unpaired) electrons. The minimum atomic E-state index is -2.50. The highest BCUT2D eigenvalue weighted by Gasteiger charge is 2.54. The Balaban J connectivity index is 2.07. The third-order valence-corrected chi connectivity index (χ3v) is 5.69. The van der Waals surface area contributed by atoms with Crippen molar-refractivity contribution >= 4 is 5.97 Å². The van der Waals surface area contributed by atoms with E-state index in [1.54, 1.807) is 0 Å². The van der Waals surface area contributed by atoms with Crippen molar-refractivity contribution in [2.24, 2.45) is 0 Å². The molecule has 0 aromatic heterocycles. The van der Waals surface area contributed by atoms with Crippen molar-refractivity contribution < 1.29 is 39.8 Å². The van der Waals surface area contributed by atoms with E-state index in [1.807, 2.05) is 0 Å². The normalized spacial score (nSPS) is 29.1. The molecule has 0 saturated carbocycles. The molecule has 1 aliphatic heterocycles. The number of unbranched alkanes of at least 4 members (excludes halogenated alkanes) is 12. The number of carbonyl (C=O) groups excluding carboxylic acids is 1. The van der Waals surface area contributed by atoms with Crippen LogP contribution in [0.2, 0.25) is 0 Å². The fourth-order valence-electron chi connectivity index (χ4n) is 3.66. The minimum absolute atomic E-state index is 0.126. The molecule has 0 aromatic rings. The standard InChI is InChI=1S/C22H42O8/c1-2-3-4-5-6-7-8-9-10-11-12-13-14-15-17(24)29-21-19(26)18(25)20(27)22(28,16-23)30-21/h18-21,23,25-28H,2-16H2,1H3/t18-,19+,20+,21?,22+/m1/s1. The molecule has 178 valence electrons. The van der Waals surface area contributed by atoms with Gasteiger partial charge in [-0.2, -0.15) is 0 Å². The van der Waals surface area contributed by atoms with E-state index in [-0.39, 0.29) is 6.42 Å². The largest absolute Gasteiger partial charge is 0.433 e. The van der Waals surface area contributed by atoms with Crippen LogP contribution in [0.3, 0.4) is 0 Å². The monoisotopic (exact) mass is 434 g/mol. The summed E-state index contributed by atoms with van der Waals surface area (Å²) in [6.45, 7) is 1.21. The van der Waals surface area contributed by atoms with Crippen molar-refractivity contribution in [2.75, 3.05) is 6.61 Å². The lowest BCUT2D eigenvalue weighted by molar-refractivity contribution is -0.390. The maximum Gasteiger partial charge on any atom is 0.308 e. The molecule has 1 rings (SSSR count). The fraction of sp³-hybridized carbons (Fsp3) is 0.955. The van der Waals surface area contributed by atoms with Gasteiger partial charge in [0.25, 0.3) is 0 Å². The summed E-state index contributed by atoms with van der Waals surface area (Å²) >= 11 is 0. The lowest BCUT2D eigenvalue weighted by atomic mass is 9.96. The summed E-state index contributed by atoms with van der Waals surface area (Å²) in [5.74, 6) is -3.13. The van der Waals surface area contributed by atoms with E-state index in [9.17, 15) is 25.2 Å². The van der Waals surface area contributed by atoms with Gasteiger partial charge in [0.05, 0.1) is 6.61 Å². The van der Waals surface area contributed by atoms with Gasteiger partial charge in [0.15, 0.2) is 0 Å². The Bertz CT molecular complexity index is 460. The minimum Gasteiger partial charge on any atom is -0.433 e. The molecule has 0 spiro atoms. The summed E-state index contributed by atoms with van der Waals surface area (Å²) in [5.41, 5.74) is 0. The first-order valence-corrected chi connectivity index (χ1v) is 11.6. The molecule has 1 aliphatic rings. The maximum atomic E-state index is 11.9. The highest BCUT2D eigenvalue weighted by Crippen LogP contribution is 2.28. The van der Waals surface area contributed by atoms with Gasteiger partial charge < -0.3 is 35.0 Å². The van der Waals surface area contributed by atoms with E-state index in [0.29, 0.717) is 6.42 Å². The lowest BCUT2D eigenvalue weighted by Crippen LogP contribution is -2.66. The van der Waals surface area contributed by atoms with Crippen LogP contribution in [0, 0.1) is 0 Å².